The van der Waals surface area contributed by atoms with Crippen molar-refractivity contribution in [3.8, 4) is 0 Å². The summed E-state index contributed by atoms with van der Waals surface area (Å²) >= 11 is 0. The Morgan fingerprint density at radius 1 is 0.407 bits per heavy atom. The first-order valence-electron chi connectivity index (χ1n) is 37.7. The lowest BCUT2D eigenvalue weighted by atomic mass is 9.97. The fourth-order valence-electron chi connectivity index (χ4n) is 12.2. The van der Waals surface area contributed by atoms with Crippen molar-refractivity contribution in [2.24, 2.45) is 0 Å². The average molecular weight is 1290 g/mol. The Balaban J connectivity index is 1.60. The molecule has 2 aliphatic rings. The Kier molecular flexibility index (Phi) is 56.7. The van der Waals surface area contributed by atoms with Crippen LogP contribution in [0.5, 0.6) is 0 Å². The van der Waals surface area contributed by atoms with Gasteiger partial charge in [0.05, 0.1) is 32.0 Å². The molecule has 9 N–H and O–H groups in total. The average Bonchev–Trinajstić information content (AvgIpc) is 1.04. The molecule has 0 saturated carbocycles. The Bertz CT molecular complexity index is 1800. The minimum Gasteiger partial charge on any atom is -0.394 e. The molecular formula is C77H139NO13. The van der Waals surface area contributed by atoms with Gasteiger partial charge in [0.15, 0.2) is 12.6 Å². The van der Waals surface area contributed by atoms with Gasteiger partial charge in [0, 0.05) is 6.42 Å². The lowest BCUT2D eigenvalue weighted by molar-refractivity contribution is -0.359. The first-order valence-corrected chi connectivity index (χ1v) is 37.7. The van der Waals surface area contributed by atoms with Gasteiger partial charge < -0.3 is 65.1 Å². The third-order valence-corrected chi connectivity index (χ3v) is 18.1. The largest absolute Gasteiger partial charge is 0.394 e. The number of carbonyl (C=O) groups is 1. The number of ether oxygens (including phenoxy) is 4. The van der Waals surface area contributed by atoms with Crippen molar-refractivity contribution in [2.45, 2.75) is 389 Å². The number of unbranched alkanes of at least 4 members (excludes halogenated alkanes) is 39. The molecular weight excluding hydrogens is 1150 g/mol. The summed E-state index contributed by atoms with van der Waals surface area (Å²) < 4.78 is 22.9. The molecule has 2 fully saturated rings. The number of hydrogen-bond acceptors (Lipinski definition) is 13. The lowest BCUT2D eigenvalue weighted by Crippen LogP contribution is -2.65. The molecule has 1 amide bonds. The molecule has 0 radical (unpaired) electrons. The highest BCUT2D eigenvalue weighted by molar-refractivity contribution is 5.76. The third-order valence-electron chi connectivity index (χ3n) is 18.1. The van der Waals surface area contributed by atoms with Gasteiger partial charge in [-0.1, -0.05) is 311 Å². The van der Waals surface area contributed by atoms with Crippen LogP contribution in [0.25, 0.3) is 0 Å². The quantitative estimate of drug-likeness (QED) is 0.0204. The molecule has 0 aromatic heterocycles. The van der Waals surface area contributed by atoms with E-state index in [9.17, 15) is 45.6 Å². The number of carbonyl (C=O) groups excluding carboxylic acids is 1. The molecule has 2 heterocycles. The predicted octanol–water partition coefficient (Wildman–Crippen LogP) is 16.2. The van der Waals surface area contributed by atoms with E-state index in [1.165, 1.54) is 225 Å². The molecule has 2 aliphatic heterocycles. The van der Waals surface area contributed by atoms with Gasteiger partial charge in [-0.25, -0.2) is 0 Å². The number of allylic oxidation sites excluding steroid dienone is 11. The van der Waals surface area contributed by atoms with E-state index in [1.807, 2.05) is 6.08 Å². The van der Waals surface area contributed by atoms with Crippen LogP contribution in [0.1, 0.15) is 316 Å². The maximum Gasteiger partial charge on any atom is 0.220 e. The second-order valence-corrected chi connectivity index (χ2v) is 26.4. The van der Waals surface area contributed by atoms with Gasteiger partial charge >= 0.3 is 0 Å². The lowest BCUT2D eigenvalue weighted by Gasteiger charge is -2.46. The van der Waals surface area contributed by atoms with Crippen molar-refractivity contribution < 1.29 is 64.6 Å². The topological polar surface area (TPSA) is 228 Å². The molecule has 0 aromatic rings. The smallest absolute Gasteiger partial charge is 0.220 e. The van der Waals surface area contributed by atoms with Gasteiger partial charge in [0.1, 0.15) is 48.8 Å². The fraction of sp³-hybridized carbons (Fsp3) is 0.831. The Labute approximate surface area is 555 Å². The van der Waals surface area contributed by atoms with E-state index < -0.39 is 86.8 Å². The van der Waals surface area contributed by atoms with Crippen molar-refractivity contribution in [2.75, 3.05) is 19.8 Å². The number of rotatable bonds is 62. The molecule has 12 unspecified atom stereocenters. The summed E-state index contributed by atoms with van der Waals surface area (Å²) in [7, 11) is 0. The Morgan fingerprint density at radius 2 is 0.769 bits per heavy atom. The van der Waals surface area contributed by atoms with E-state index >= 15 is 0 Å². The number of aliphatic hydroxyl groups excluding tert-OH is 8. The van der Waals surface area contributed by atoms with Crippen molar-refractivity contribution in [1.29, 1.82) is 0 Å². The minimum absolute atomic E-state index is 0.244. The number of nitrogens with one attached hydrogen (secondary N) is 1. The summed E-state index contributed by atoms with van der Waals surface area (Å²) in [5.74, 6) is -0.244. The summed E-state index contributed by atoms with van der Waals surface area (Å²) in [6.07, 6.45) is 67.0. The predicted molar refractivity (Wildman–Crippen MR) is 373 cm³/mol. The van der Waals surface area contributed by atoms with E-state index in [1.54, 1.807) is 6.08 Å². The SMILES string of the molecule is CC/C=C\C/C=C\C/C=C\C/C=C\CCCCCCCCCCCCCCCCCCCCCCCCCCC(=O)NC(COC1OC(CO)C(OC2OC(CO)C(O)C(O)C2O)C(O)C1O)C(O)/C=C/CC/C=C/CCCCCCCCCCCCCCCC. The molecule has 530 valence electrons. The summed E-state index contributed by atoms with van der Waals surface area (Å²) in [4.78, 5) is 13.3. The summed E-state index contributed by atoms with van der Waals surface area (Å²) in [5.41, 5.74) is 0. The summed E-state index contributed by atoms with van der Waals surface area (Å²) in [5, 5.41) is 87.5. The molecule has 14 heteroatoms. The van der Waals surface area contributed by atoms with Crippen molar-refractivity contribution in [3.05, 3.63) is 72.9 Å². The second-order valence-electron chi connectivity index (χ2n) is 26.4. The van der Waals surface area contributed by atoms with Gasteiger partial charge in [-0.15, -0.1) is 0 Å². The fourth-order valence-corrected chi connectivity index (χ4v) is 12.2. The maximum absolute atomic E-state index is 13.3. The highest BCUT2D eigenvalue weighted by atomic mass is 16.7. The van der Waals surface area contributed by atoms with Crippen LogP contribution in [0.4, 0.5) is 0 Å². The number of amides is 1. The molecule has 0 spiro atoms. The van der Waals surface area contributed by atoms with Crippen LogP contribution < -0.4 is 5.32 Å². The molecule has 2 rings (SSSR count). The van der Waals surface area contributed by atoms with Crippen molar-refractivity contribution in [1.82, 2.24) is 5.32 Å². The monoisotopic (exact) mass is 1290 g/mol. The van der Waals surface area contributed by atoms with Crippen LogP contribution in [0.3, 0.4) is 0 Å². The van der Waals surface area contributed by atoms with Crippen LogP contribution in [0.2, 0.25) is 0 Å². The Hall–Kier alpha value is -2.57. The van der Waals surface area contributed by atoms with Crippen LogP contribution in [0.15, 0.2) is 72.9 Å². The molecule has 14 nitrogen and oxygen atoms in total. The summed E-state index contributed by atoms with van der Waals surface area (Å²) in [6, 6.07) is -0.933. The van der Waals surface area contributed by atoms with E-state index in [-0.39, 0.29) is 18.9 Å². The van der Waals surface area contributed by atoms with E-state index in [0.29, 0.717) is 12.8 Å². The van der Waals surface area contributed by atoms with Crippen molar-refractivity contribution in [3.63, 3.8) is 0 Å². The molecule has 0 bridgehead atoms. The summed E-state index contributed by atoms with van der Waals surface area (Å²) in [6.45, 7) is 2.71. The molecule has 2 saturated heterocycles. The standard InChI is InChI=1S/C77H139NO13/c1-3-5-7-9-11-13-15-17-19-21-23-25-26-27-28-29-30-31-32-33-34-35-36-37-38-39-40-41-43-45-47-49-51-53-55-57-59-61-69(82)78-65(66(81)60-58-56-54-52-50-48-46-44-42-24-22-20-18-16-14-12-10-8-6-4-2)64-88-76-74(87)72(85)75(68(63-80)90-76)91-77-73(86)71(84)70(83)67(62-79)89-77/h5,7,11,13,17,19,23,25,50,52,58,60,65-68,70-77,79-81,83-87H,3-4,6,8-10,12,14-16,18,20-22,24,26-49,51,53-57,59,61-64H2,1-2H3,(H,78,82)/b7-5-,13-11-,19-17-,25-23-,52-50+,60-58+. The van der Waals surface area contributed by atoms with Crippen LogP contribution in [-0.4, -0.2) is 140 Å². The molecule has 91 heavy (non-hydrogen) atoms. The second kappa shape index (κ2) is 61.1. The number of aliphatic hydroxyl groups is 8. The van der Waals surface area contributed by atoms with Crippen LogP contribution in [0, 0.1) is 0 Å². The normalized spacial score (nSPS) is 23.2. The number of hydrogen-bond donors (Lipinski definition) is 9. The van der Waals surface area contributed by atoms with E-state index in [4.69, 9.17) is 18.9 Å². The highest BCUT2D eigenvalue weighted by Gasteiger charge is 2.51. The Morgan fingerprint density at radius 3 is 1.21 bits per heavy atom. The zero-order chi connectivity index (χ0) is 65.9. The third kappa shape index (κ3) is 44.7. The first kappa shape index (κ1) is 84.5. The van der Waals surface area contributed by atoms with Crippen LogP contribution in [-0.2, 0) is 23.7 Å². The van der Waals surface area contributed by atoms with Crippen molar-refractivity contribution >= 4 is 5.91 Å². The molecule has 0 aromatic carbocycles. The maximum atomic E-state index is 13.3. The van der Waals surface area contributed by atoms with Crippen LogP contribution >= 0.6 is 0 Å². The van der Waals surface area contributed by atoms with Gasteiger partial charge in [-0.2, -0.15) is 0 Å². The van der Waals surface area contributed by atoms with Gasteiger partial charge in [-0.05, 0) is 70.6 Å². The zero-order valence-corrected chi connectivity index (χ0v) is 57.8. The molecule has 12 atom stereocenters. The van der Waals surface area contributed by atoms with Gasteiger partial charge in [0.25, 0.3) is 0 Å². The highest BCUT2D eigenvalue weighted by Crippen LogP contribution is 2.30. The van der Waals surface area contributed by atoms with E-state index in [2.05, 4.69) is 79.9 Å². The van der Waals surface area contributed by atoms with Gasteiger partial charge in [0.2, 0.25) is 5.91 Å². The van der Waals surface area contributed by atoms with Gasteiger partial charge in [-0.3, -0.25) is 4.79 Å². The van der Waals surface area contributed by atoms with E-state index in [0.717, 1.165) is 57.8 Å². The first-order chi connectivity index (χ1) is 44.6. The molecule has 0 aliphatic carbocycles. The zero-order valence-electron chi connectivity index (χ0n) is 57.8. The minimum atomic E-state index is -1.79.